The first-order chi connectivity index (χ1) is 17.1. The van der Waals surface area contributed by atoms with Crippen molar-refractivity contribution in [1.82, 2.24) is 0 Å². The summed E-state index contributed by atoms with van der Waals surface area (Å²) in [6.07, 6.45) is 13.6. The number of hydrogen-bond acceptors (Lipinski definition) is 2. The Morgan fingerprint density at radius 2 is 1.97 bits per heavy atom. The van der Waals surface area contributed by atoms with Crippen molar-refractivity contribution in [2.45, 2.75) is 71.0 Å². The minimum atomic E-state index is 0.380. The first-order valence-corrected chi connectivity index (χ1v) is 13.3. The molecule has 4 aliphatic rings. The second kappa shape index (κ2) is 8.28. The fraction of sp³-hybridized carbons (Fsp3) is 0.394. The van der Waals surface area contributed by atoms with Gasteiger partial charge in [-0.05, 0) is 109 Å². The molecule has 1 aromatic heterocycles. The third kappa shape index (κ3) is 3.60. The molecule has 0 bridgehead atoms. The molecule has 2 heterocycles. The predicted octanol–water partition coefficient (Wildman–Crippen LogP) is 8.30. The third-order valence-corrected chi connectivity index (χ3v) is 8.76. The minimum Gasteiger partial charge on any atom is -0.456 e. The van der Waals surface area contributed by atoms with Crippen LogP contribution >= 0.6 is 0 Å². The fourth-order valence-corrected chi connectivity index (χ4v) is 6.92. The van der Waals surface area contributed by atoms with E-state index in [-0.39, 0.29) is 0 Å². The highest BCUT2D eigenvalue weighted by Crippen LogP contribution is 2.48. The Morgan fingerprint density at radius 3 is 2.91 bits per heavy atom. The summed E-state index contributed by atoms with van der Waals surface area (Å²) < 4.78 is 12.7. The van der Waals surface area contributed by atoms with E-state index in [1.807, 2.05) is 0 Å². The van der Waals surface area contributed by atoms with Gasteiger partial charge in [-0.3, -0.25) is 0 Å². The molecule has 2 aromatic carbocycles. The molecule has 176 valence electrons. The van der Waals surface area contributed by atoms with Crippen LogP contribution < -0.4 is 0 Å². The molecule has 0 spiro atoms. The molecule has 7 rings (SSSR count). The van der Waals surface area contributed by atoms with Gasteiger partial charge in [-0.1, -0.05) is 42.7 Å². The summed E-state index contributed by atoms with van der Waals surface area (Å²) in [5, 5.41) is 2.40. The van der Waals surface area contributed by atoms with E-state index in [0.717, 1.165) is 30.4 Å². The van der Waals surface area contributed by atoms with E-state index in [1.54, 1.807) is 11.1 Å². The van der Waals surface area contributed by atoms with Crippen molar-refractivity contribution < 1.29 is 9.15 Å². The number of allylic oxidation sites excluding steroid dienone is 4. The lowest BCUT2D eigenvalue weighted by atomic mass is 9.75. The molecule has 3 aromatic rings. The van der Waals surface area contributed by atoms with Crippen LogP contribution in [0.2, 0.25) is 0 Å². The summed E-state index contributed by atoms with van der Waals surface area (Å²) in [4.78, 5) is 0. The number of furan rings is 1. The van der Waals surface area contributed by atoms with Gasteiger partial charge in [-0.2, -0.15) is 0 Å². The monoisotopic (exact) mass is 460 g/mol. The van der Waals surface area contributed by atoms with Crippen LogP contribution in [0.25, 0.3) is 21.9 Å². The zero-order valence-corrected chi connectivity index (χ0v) is 20.7. The van der Waals surface area contributed by atoms with Crippen molar-refractivity contribution in [3.8, 4) is 0 Å². The Morgan fingerprint density at radius 1 is 1.03 bits per heavy atom. The van der Waals surface area contributed by atoms with Gasteiger partial charge < -0.3 is 9.15 Å². The molecule has 0 amide bonds. The van der Waals surface area contributed by atoms with Crippen molar-refractivity contribution in [1.29, 1.82) is 0 Å². The number of ether oxygens (including phenoxy) is 1. The summed E-state index contributed by atoms with van der Waals surface area (Å²) in [5.41, 5.74) is 17.1. The Kier molecular flexibility index (Phi) is 5.04. The molecule has 2 heteroatoms. The van der Waals surface area contributed by atoms with Gasteiger partial charge in [0.1, 0.15) is 11.2 Å². The van der Waals surface area contributed by atoms with Crippen molar-refractivity contribution in [2.75, 3.05) is 0 Å². The molecule has 2 fully saturated rings. The first-order valence-electron chi connectivity index (χ1n) is 13.3. The van der Waals surface area contributed by atoms with Crippen molar-refractivity contribution in [3.05, 3.63) is 93.4 Å². The summed E-state index contributed by atoms with van der Waals surface area (Å²) >= 11 is 0. The van der Waals surface area contributed by atoms with Crippen molar-refractivity contribution in [2.24, 2.45) is 11.8 Å². The normalized spacial score (nSPS) is 27.8. The van der Waals surface area contributed by atoms with Crippen LogP contribution in [-0.4, -0.2) is 12.2 Å². The molecule has 35 heavy (non-hydrogen) atoms. The number of aryl methyl sites for hydroxylation is 1. The van der Waals surface area contributed by atoms with Gasteiger partial charge in [0.15, 0.2) is 0 Å². The van der Waals surface area contributed by atoms with Crippen LogP contribution in [0, 0.1) is 18.8 Å². The van der Waals surface area contributed by atoms with Gasteiger partial charge in [0, 0.05) is 22.8 Å². The average Bonchev–Trinajstić information content (AvgIpc) is 3.44. The second-order valence-corrected chi connectivity index (χ2v) is 11.1. The largest absolute Gasteiger partial charge is 0.456 e. The summed E-state index contributed by atoms with van der Waals surface area (Å²) in [6.45, 7) is 4.48. The lowest BCUT2D eigenvalue weighted by molar-refractivity contribution is 0.00208. The molecule has 0 N–H and O–H groups in total. The molecule has 4 unspecified atom stereocenters. The number of para-hydroxylation sites is 1. The van der Waals surface area contributed by atoms with E-state index in [2.05, 4.69) is 73.9 Å². The van der Waals surface area contributed by atoms with E-state index in [0.29, 0.717) is 24.0 Å². The SMILES string of the molecule is Cc1cccc2c1oc1ccc(CC3=C=C=CC(C4CCC5OC6C(=C5C4)CCCC6C)=C3)cc12. The molecular formula is C33H32O2. The van der Waals surface area contributed by atoms with Crippen molar-refractivity contribution in [3.63, 3.8) is 0 Å². The zero-order valence-electron chi connectivity index (χ0n) is 20.7. The van der Waals surface area contributed by atoms with Gasteiger partial charge in [0.2, 0.25) is 0 Å². The molecule has 1 aliphatic heterocycles. The molecule has 3 aliphatic carbocycles. The predicted molar refractivity (Wildman–Crippen MR) is 141 cm³/mol. The molecule has 2 saturated carbocycles. The fourth-order valence-electron chi connectivity index (χ4n) is 6.92. The highest BCUT2D eigenvalue weighted by molar-refractivity contribution is 6.06. The maximum atomic E-state index is 6.54. The summed E-state index contributed by atoms with van der Waals surface area (Å²) in [7, 11) is 0. The van der Waals surface area contributed by atoms with E-state index < -0.39 is 0 Å². The van der Waals surface area contributed by atoms with Crippen LogP contribution in [0.5, 0.6) is 0 Å². The number of hydrogen-bond donors (Lipinski definition) is 0. The Hall–Kier alpha value is -3.02. The van der Waals surface area contributed by atoms with Gasteiger partial charge in [0.25, 0.3) is 0 Å². The van der Waals surface area contributed by atoms with E-state index in [9.17, 15) is 0 Å². The lowest BCUT2D eigenvalue weighted by Crippen LogP contribution is -2.26. The number of fused-ring (bicyclic) bond motifs is 5. The molecule has 4 atom stereocenters. The minimum absolute atomic E-state index is 0.380. The van der Waals surface area contributed by atoms with Crippen LogP contribution in [0.4, 0.5) is 0 Å². The van der Waals surface area contributed by atoms with E-state index >= 15 is 0 Å². The van der Waals surface area contributed by atoms with E-state index in [1.165, 1.54) is 58.7 Å². The quantitative estimate of drug-likeness (QED) is 0.290. The molecule has 2 nitrogen and oxygen atoms in total. The Bertz CT molecular complexity index is 1510. The van der Waals surface area contributed by atoms with Crippen LogP contribution in [0.15, 0.2) is 86.7 Å². The summed E-state index contributed by atoms with van der Waals surface area (Å²) in [6, 6.07) is 13.0. The van der Waals surface area contributed by atoms with Crippen molar-refractivity contribution >= 4 is 21.9 Å². The van der Waals surface area contributed by atoms with Crippen LogP contribution in [0.3, 0.4) is 0 Å². The molecular weight excluding hydrogens is 428 g/mol. The molecule has 0 saturated heterocycles. The van der Waals surface area contributed by atoms with E-state index in [4.69, 9.17) is 9.15 Å². The highest BCUT2D eigenvalue weighted by atomic mass is 16.5. The zero-order chi connectivity index (χ0) is 23.5. The molecule has 0 radical (unpaired) electrons. The van der Waals surface area contributed by atoms with Gasteiger partial charge in [0.05, 0.1) is 12.2 Å². The first kappa shape index (κ1) is 21.3. The maximum absolute atomic E-state index is 6.54. The van der Waals surface area contributed by atoms with Gasteiger partial charge in [-0.25, -0.2) is 0 Å². The van der Waals surface area contributed by atoms with Crippen LogP contribution in [-0.2, 0) is 11.2 Å². The highest BCUT2D eigenvalue weighted by Gasteiger charge is 2.41. The lowest BCUT2D eigenvalue weighted by Gasteiger charge is -2.29. The standard InChI is InChI=1S/C33H32O2/c1-20-6-3-10-26-28-18-23(12-14-30(28)34-32(20)26)16-22-8-5-9-24(17-22)25-13-15-31-29(19-25)27-11-4-7-21(2)33(27)35-31/h3,6,9-10,12,14,17-18,21,25,31,33H,4,7,11,13,15-16,19H2,1-2H3. The maximum Gasteiger partial charge on any atom is 0.138 e. The van der Waals surface area contributed by atoms with Gasteiger partial charge >= 0.3 is 0 Å². The Labute approximate surface area is 207 Å². The Balaban J connectivity index is 1.14. The van der Waals surface area contributed by atoms with Crippen LogP contribution in [0.1, 0.15) is 56.6 Å². The average molecular weight is 461 g/mol. The van der Waals surface area contributed by atoms with Gasteiger partial charge in [-0.15, -0.1) is 0 Å². The second-order valence-electron chi connectivity index (χ2n) is 11.1. The smallest absolute Gasteiger partial charge is 0.138 e. The number of benzene rings is 2. The summed E-state index contributed by atoms with van der Waals surface area (Å²) in [5.74, 6) is 1.25. The third-order valence-electron chi connectivity index (χ3n) is 8.76. The number of rotatable bonds is 3. The topological polar surface area (TPSA) is 22.4 Å².